The van der Waals surface area contributed by atoms with E-state index in [1.165, 1.54) is 25.7 Å². The van der Waals surface area contributed by atoms with Crippen LogP contribution in [-0.4, -0.2) is 41.1 Å². The van der Waals surface area contributed by atoms with Crippen LogP contribution in [0.3, 0.4) is 0 Å². The van der Waals surface area contributed by atoms with E-state index in [0.717, 1.165) is 37.3 Å². The second-order valence-electron chi connectivity index (χ2n) is 6.45. The van der Waals surface area contributed by atoms with E-state index in [1.807, 2.05) is 19.1 Å². The predicted octanol–water partition coefficient (Wildman–Crippen LogP) is 2.41. The average molecular weight is 288 g/mol. The number of carboxylic acids is 1. The third kappa shape index (κ3) is 2.83. The Bertz CT molecular complexity index is 536. The van der Waals surface area contributed by atoms with E-state index in [4.69, 9.17) is 0 Å². The summed E-state index contributed by atoms with van der Waals surface area (Å²) in [6.45, 7) is 6.07. The molecule has 0 atom stereocenters. The summed E-state index contributed by atoms with van der Waals surface area (Å²) in [6, 6.07) is 5.86. The van der Waals surface area contributed by atoms with Gasteiger partial charge in [0.05, 0.1) is 5.56 Å². The fourth-order valence-electron chi connectivity index (χ4n) is 3.92. The minimum atomic E-state index is -0.827. The molecule has 4 nitrogen and oxygen atoms in total. The highest BCUT2D eigenvalue weighted by atomic mass is 16.4. The van der Waals surface area contributed by atoms with Gasteiger partial charge in [-0.15, -0.1) is 0 Å². The molecule has 0 radical (unpaired) electrons. The molecule has 0 saturated carbocycles. The Balaban J connectivity index is 1.79. The first-order valence-electron chi connectivity index (χ1n) is 7.89. The molecule has 2 fully saturated rings. The number of aryl methyl sites for hydroxylation is 1. The van der Waals surface area contributed by atoms with E-state index >= 15 is 0 Å². The molecule has 0 bridgehead atoms. The van der Waals surface area contributed by atoms with Gasteiger partial charge in [-0.25, -0.2) is 4.79 Å². The molecule has 0 aliphatic carbocycles. The molecular weight excluding hydrogens is 264 g/mol. The van der Waals surface area contributed by atoms with Gasteiger partial charge < -0.3 is 10.4 Å². The van der Waals surface area contributed by atoms with Crippen LogP contribution in [0.4, 0.5) is 0 Å². The average Bonchev–Trinajstić information content (AvgIpc) is 2.84. The topological polar surface area (TPSA) is 52.6 Å². The van der Waals surface area contributed by atoms with E-state index in [2.05, 4.69) is 16.3 Å². The van der Waals surface area contributed by atoms with E-state index in [9.17, 15) is 9.90 Å². The fraction of sp³-hybridized carbons (Fsp3) is 0.588. The van der Waals surface area contributed by atoms with Gasteiger partial charge >= 0.3 is 5.97 Å². The van der Waals surface area contributed by atoms with Crippen LogP contribution in [0.5, 0.6) is 0 Å². The number of piperidine rings is 1. The van der Waals surface area contributed by atoms with Crippen LogP contribution in [0.25, 0.3) is 0 Å². The molecule has 2 saturated heterocycles. The quantitative estimate of drug-likeness (QED) is 0.897. The lowest BCUT2D eigenvalue weighted by atomic mass is 9.85. The molecule has 2 N–H and O–H groups in total. The zero-order chi connectivity index (χ0) is 14.9. The van der Waals surface area contributed by atoms with Crippen LogP contribution in [0.15, 0.2) is 18.2 Å². The molecule has 1 aromatic rings. The van der Waals surface area contributed by atoms with Crippen molar-refractivity contribution in [3.05, 3.63) is 34.9 Å². The van der Waals surface area contributed by atoms with Crippen LogP contribution < -0.4 is 5.32 Å². The summed E-state index contributed by atoms with van der Waals surface area (Å²) in [5.74, 6) is -0.827. The van der Waals surface area contributed by atoms with E-state index in [1.54, 1.807) is 0 Å². The number of likely N-dealkylation sites (tertiary alicyclic amines) is 1. The van der Waals surface area contributed by atoms with Crippen molar-refractivity contribution in [1.29, 1.82) is 0 Å². The maximum Gasteiger partial charge on any atom is 0.335 e. The minimum Gasteiger partial charge on any atom is -0.478 e. The van der Waals surface area contributed by atoms with E-state index < -0.39 is 5.97 Å². The smallest absolute Gasteiger partial charge is 0.335 e. The Labute approximate surface area is 126 Å². The molecule has 21 heavy (non-hydrogen) atoms. The Morgan fingerprint density at radius 3 is 2.81 bits per heavy atom. The Hall–Kier alpha value is -1.39. The SMILES string of the molecule is Cc1ccc(CN2CCCC23CCNCC3)cc1C(=O)O. The number of rotatable bonds is 3. The highest BCUT2D eigenvalue weighted by molar-refractivity contribution is 5.89. The lowest BCUT2D eigenvalue weighted by Crippen LogP contribution is -2.50. The van der Waals surface area contributed by atoms with Crippen molar-refractivity contribution >= 4 is 5.97 Å². The maximum absolute atomic E-state index is 11.3. The third-order valence-electron chi connectivity index (χ3n) is 5.18. The molecule has 1 aromatic carbocycles. The fourth-order valence-corrected chi connectivity index (χ4v) is 3.92. The molecule has 3 rings (SSSR count). The third-order valence-corrected chi connectivity index (χ3v) is 5.18. The number of benzene rings is 1. The van der Waals surface area contributed by atoms with Crippen molar-refractivity contribution < 1.29 is 9.90 Å². The maximum atomic E-state index is 11.3. The van der Waals surface area contributed by atoms with Gasteiger partial charge in [0.2, 0.25) is 0 Å². The van der Waals surface area contributed by atoms with Crippen molar-refractivity contribution in [1.82, 2.24) is 10.2 Å². The van der Waals surface area contributed by atoms with Crippen LogP contribution in [-0.2, 0) is 6.54 Å². The highest BCUT2D eigenvalue weighted by Crippen LogP contribution is 2.37. The number of hydrogen-bond acceptors (Lipinski definition) is 3. The monoisotopic (exact) mass is 288 g/mol. The van der Waals surface area contributed by atoms with Crippen molar-refractivity contribution in [3.8, 4) is 0 Å². The molecular formula is C17H24N2O2. The second-order valence-corrected chi connectivity index (χ2v) is 6.45. The molecule has 2 heterocycles. The molecule has 2 aliphatic heterocycles. The minimum absolute atomic E-state index is 0.347. The Kier molecular flexibility index (Phi) is 4.00. The summed E-state index contributed by atoms with van der Waals surface area (Å²) in [5.41, 5.74) is 2.74. The molecule has 2 aliphatic rings. The first-order valence-corrected chi connectivity index (χ1v) is 7.89. The Morgan fingerprint density at radius 1 is 1.33 bits per heavy atom. The zero-order valence-electron chi connectivity index (χ0n) is 12.7. The van der Waals surface area contributed by atoms with Crippen LogP contribution in [0.1, 0.15) is 47.2 Å². The Morgan fingerprint density at radius 2 is 2.10 bits per heavy atom. The van der Waals surface area contributed by atoms with Crippen LogP contribution in [0.2, 0.25) is 0 Å². The largest absolute Gasteiger partial charge is 0.478 e. The summed E-state index contributed by atoms with van der Waals surface area (Å²) in [4.78, 5) is 13.9. The predicted molar refractivity (Wildman–Crippen MR) is 82.6 cm³/mol. The number of hydrogen-bond donors (Lipinski definition) is 2. The number of nitrogens with one attached hydrogen (secondary N) is 1. The van der Waals surface area contributed by atoms with Crippen molar-refractivity contribution in [3.63, 3.8) is 0 Å². The summed E-state index contributed by atoms with van der Waals surface area (Å²) in [6.07, 6.45) is 4.97. The molecule has 0 amide bonds. The molecule has 4 heteroatoms. The summed E-state index contributed by atoms with van der Waals surface area (Å²) in [7, 11) is 0. The van der Waals surface area contributed by atoms with Crippen molar-refractivity contribution in [2.24, 2.45) is 0 Å². The molecule has 114 valence electrons. The lowest BCUT2D eigenvalue weighted by molar-refractivity contribution is 0.0695. The van der Waals surface area contributed by atoms with Gasteiger partial charge in [-0.1, -0.05) is 12.1 Å². The second kappa shape index (κ2) is 5.78. The van der Waals surface area contributed by atoms with Gasteiger partial charge in [-0.05, 0) is 69.4 Å². The highest BCUT2D eigenvalue weighted by Gasteiger charge is 2.41. The zero-order valence-corrected chi connectivity index (χ0v) is 12.7. The van der Waals surface area contributed by atoms with Gasteiger partial charge in [-0.2, -0.15) is 0 Å². The van der Waals surface area contributed by atoms with Gasteiger partial charge in [0.25, 0.3) is 0 Å². The lowest BCUT2D eigenvalue weighted by Gasteiger charge is -2.42. The van der Waals surface area contributed by atoms with Gasteiger partial charge in [0.1, 0.15) is 0 Å². The molecule has 0 aromatic heterocycles. The number of carbonyl (C=O) groups is 1. The van der Waals surface area contributed by atoms with E-state index in [0.29, 0.717) is 11.1 Å². The molecule has 0 unspecified atom stereocenters. The number of aromatic carboxylic acids is 1. The van der Waals surface area contributed by atoms with Crippen LogP contribution >= 0.6 is 0 Å². The van der Waals surface area contributed by atoms with Gasteiger partial charge in [-0.3, -0.25) is 4.90 Å². The first kappa shape index (κ1) is 14.5. The van der Waals surface area contributed by atoms with Crippen molar-refractivity contribution in [2.75, 3.05) is 19.6 Å². The normalized spacial score (nSPS) is 21.8. The number of nitrogens with zero attached hydrogens (tertiary/aromatic N) is 1. The summed E-state index contributed by atoms with van der Waals surface area (Å²) >= 11 is 0. The standard InChI is InChI=1S/C17H24N2O2/c1-13-3-4-14(11-15(13)16(20)21)12-19-10-2-5-17(19)6-8-18-9-7-17/h3-4,11,18H,2,5-10,12H2,1H3,(H,20,21). The van der Waals surface area contributed by atoms with Gasteiger partial charge in [0, 0.05) is 12.1 Å². The van der Waals surface area contributed by atoms with Crippen molar-refractivity contribution in [2.45, 2.75) is 44.7 Å². The first-order chi connectivity index (χ1) is 10.1. The summed E-state index contributed by atoms with van der Waals surface area (Å²) < 4.78 is 0. The number of carboxylic acid groups (broad SMARTS) is 1. The summed E-state index contributed by atoms with van der Waals surface area (Å²) in [5, 5.41) is 12.7. The van der Waals surface area contributed by atoms with E-state index in [-0.39, 0.29) is 0 Å². The van der Waals surface area contributed by atoms with Gasteiger partial charge in [0.15, 0.2) is 0 Å². The molecule has 1 spiro atoms. The van der Waals surface area contributed by atoms with Crippen LogP contribution in [0, 0.1) is 6.92 Å².